The molecule has 0 amide bonds. The average Bonchev–Trinajstić information content (AvgIpc) is 3.25. The Labute approximate surface area is 369 Å². The van der Waals surface area contributed by atoms with E-state index in [1.165, 1.54) is 51.4 Å². The van der Waals surface area contributed by atoms with Gasteiger partial charge in [0.05, 0.1) is 6.61 Å². The van der Waals surface area contributed by atoms with Crippen LogP contribution in [0.2, 0.25) is 0 Å². The van der Waals surface area contributed by atoms with Gasteiger partial charge >= 0.3 is 11.9 Å². The second kappa shape index (κ2) is 49.7. The Balaban J connectivity index is 4.47. The Bertz CT molecular complexity index is 1260. The Hall–Kier alpha value is -3.70. The van der Waals surface area contributed by atoms with Crippen molar-refractivity contribution in [2.45, 2.75) is 194 Å². The van der Waals surface area contributed by atoms with Crippen LogP contribution in [0.3, 0.4) is 0 Å². The Kier molecular flexibility index (Phi) is 46.6. The van der Waals surface area contributed by atoms with Crippen LogP contribution in [0.4, 0.5) is 0 Å². The van der Waals surface area contributed by atoms with Crippen molar-refractivity contribution in [2.24, 2.45) is 0 Å². The van der Waals surface area contributed by atoms with Crippen LogP contribution in [0.15, 0.2) is 122 Å². The summed E-state index contributed by atoms with van der Waals surface area (Å²) in [5.74, 6) is -0.556. The molecule has 1 atom stereocenters. The van der Waals surface area contributed by atoms with Gasteiger partial charge in [0.15, 0.2) is 6.10 Å². The van der Waals surface area contributed by atoms with Gasteiger partial charge in [-0.1, -0.05) is 181 Å². The molecule has 0 fully saturated rings. The van der Waals surface area contributed by atoms with Crippen molar-refractivity contribution in [3.63, 3.8) is 0 Å². The first-order chi connectivity index (χ1) is 29.6. The summed E-state index contributed by atoms with van der Waals surface area (Å²) in [6, 6.07) is 0. The highest BCUT2D eigenvalue weighted by molar-refractivity contribution is 5.70. The minimum Gasteiger partial charge on any atom is -0.462 e. The van der Waals surface area contributed by atoms with E-state index in [9.17, 15) is 9.59 Å². The maximum atomic E-state index is 12.7. The molecule has 338 valence electrons. The van der Waals surface area contributed by atoms with Crippen LogP contribution in [-0.4, -0.2) is 37.9 Å². The van der Waals surface area contributed by atoms with Crippen LogP contribution in [0, 0.1) is 0 Å². The minimum absolute atomic E-state index is 0.0229. The highest BCUT2D eigenvalue weighted by atomic mass is 16.6. The van der Waals surface area contributed by atoms with E-state index in [4.69, 9.17) is 14.2 Å². The molecule has 1 unspecified atom stereocenters. The monoisotopic (exact) mass is 829 g/mol. The second-order valence-corrected chi connectivity index (χ2v) is 15.2. The van der Waals surface area contributed by atoms with Crippen LogP contribution >= 0.6 is 0 Å². The van der Waals surface area contributed by atoms with Crippen molar-refractivity contribution in [3.8, 4) is 0 Å². The normalized spacial score (nSPS) is 13.3. The number of unbranched alkanes of at least 4 members (excludes halogenated alkanes) is 11. The Morgan fingerprint density at radius 3 is 1.27 bits per heavy atom. The fourth-order valence-electron chi connectivity index (χ4n) is 5.95. The average molecular weight is 829 g/mol. The summed E-state index contributed by atoms with van der Waals surface area (Å²) in [6.07, 6.45) is 69.3. The molecule has 60 heavy (non-hydrogen) atoms. The number of hydrogen-bond acceptors (Lipinski definition) is 5. The van der Waals surface area contributed by atoms with Crippen LogP contribution in [0.1, 0.15) is 188 Å². The Morgan fingerprint density at radius 2 is 0.783 bits per heavy atom. The lowest BCUT2D eigenvalue weighted by atomic mass is 10.1. The van der Waals surface area contributed by atoms with E-state index in [1.54, 1.807) is 0 Å². The molecule has 5 heteroatoms. The topological polar surface area (TPSA) is 61.8 Å². The lowest BCUT2D eigenvalue weighted by molar-refractivity contribution is -0.162. The molecular weight excluding hydrogens is 741 g/mol. The molecule has 0 N–H and O–H groups in total. The second-order valence-electron chi connectivity index (χ2n) is 15.2. The first-order valence-electron chi connectivity index (χ1n) is 24.1. The highest BCUT2D eigenvalue weighted by Crippen LogP contribution is 2.10. The number of esters is 2. The van der Waals surface area contributed by atoms with Gasteiger partial charge in [0.25, 0.3) is 0 Å². The zero-order valence-corrected chi connectivity index (χ0v) is 38.7. The minimum atomic E-state index is -0.604. The molecule has 0 heterocycles. The van der Waals surface area contributed by atoms with Gasteiger partial charge in [-0.25, -0.2) is 0 Å². The lowest BCUT2D eigenvalue weighted by Gasteiger charge is -2.18. The SMILES string of the molecule is CC/C=C\C/C=C\C/C=C\C/C=C\CCCCC(=O)OCC(COCCCCCCCC/C=C\C/C=C\CCCCC)OC(=O)CC/C=C\C/C=C\C/C=C\C/C=C\CC. The van der Waals surface area contributed by atoms with E-state index < -0.39 is 6.10 Å². The van der Waals surface area contributed by atoms with E-state index in [2.05, 4.69) is 136 Å². The fraction of sp³-hybridized carbons (Fsp3) is 0.600. The van der Waals surface area contributed by atoms with Gasteiger partial charge in [0, 0.05) is 19.4 Å². The summed E-state index contributed by atoms with van der Waals surface area (Å²) in [6.45, 7) is 7.40. The summed E-state index contributed by atoms with van der Waals surface area (Å²) in [5.41, 5.74) is 0. The molecule has 5 nitrogen and oxygen atoms in total. The summed E-state index contributed by atoms with van der Waals surface area (Å²) in [7, 11) is 0. The van der Waals surface area contributed by atoms with Crippen molar-refractivity contribution in [3.05, 3.63) is 122 Å². The van der Waals surface area contributed by atoms with Gasteiger partial charge in [-0.05, 0) is 116 Å². The van der Waals surface area contributed by atoms with Crippen molar-refractivity contribution >= 4 is 11.9 Å². The van der Waals surface area contributed by atoms with Crippen LogP contribution < -0.4 is 0 Å². The molecule has 0 spiro atoms. The smallest absolute Gasteiger partial charge is 0.306 e. The van der Waals surface area contributed by atoms with Crippen molar-refractivity contribution in [1.29, 1.82) is 0 Å². The summed E-state index contributed by atoms with van der Waals surface area (Å²) >= 11 is 0. The molecule has 0 aromatic rings. The molecular formula is C55H88O5. The molecule has 0 aliphatic rings. The number of carbonyl (C=O) groups is 2. The maximum absolute atomic E-state index is 12.7. The molecule has 0 aliphatic heterocycles. The first-order valence-corrected chi connectivity index (χ1v) is 24.1. The van der Waals surface area contributed by atoms with E-state index in [0.717, 1.165) is 96.3 Å². The van der Waals surface area contributed by atoms with Crippen LogP contribution in [-0.2, 0) is 23.8 Å². The number of allylic oxidation sites excluding steroid dienone is 20. The van der Waals surface area contributed by atoms with Crippen molar-refractivity contribution < 1.29 is 23.8 Å². The van der Waals surface area contributed by atoms with E-state index in [1.807, 2.05) is 6.08 Å². The molecule has 0 aromatic heterocycles. The lowest BCUT2D eigenvalue weighted by Crippen LogP contribution is -2.30. The predicted octanol–water partition coefficient (Wildman–Crippen LogP) is 16.2. The van der Waals surface area contributed by atoms with Gasteiger partial charge in [-0.15, -0.1) is 0 Å². The molecule has 0 saturated carbocycles. The van der Waals surface area contributed by atoms with E-state index >= 15 is 0 Å². The molecule has 0 aliphatic carbocycles. The summed E-state index contributed by atoms with van der Waals surface area (Å²) in [4.78, 5) is 25.3. The largest absolute Gasteiger partial charge is 0.462 e. The molecule has 0 bridgehead atoms. The fourth-order valence-corrected chi connectivity index (χ4v) is 5.95. The number of rotatable bonds is 42. The molecule has 0 rings (SSSR count). The third kappa shape index (κ3) is 47.0. The molecule has 0 aromatic carbocycles. The number of carbonyl (C=O) groups excluding carboxylic acids is 2. The Morgan fingerprint density at radius 1 is 0.383 bits per heavy atom. The zero-order chi connectivity index (χ0) is 43.5. The quantitative estimate of drug-likeness (QED) is 0.0348. The van der Waals surface area contributed by atoms with Gasteiger partial charge < -0.3 is 14.2 Å². The van der Waals surface area contributed by atoms with E-state index in [0.29, 0.717) is 19.4 Å². The van der Waals surface area contributed by atoms with Gasteiger partial charge in [0.1, 0.15) is 6.61 Å². The predicted molar refractivity (Wildman–Crippen MR) is 260 cm³/mol. The maximum Gasteiger partial charge on any atom is 0.306 e. The van der Waals surface area contributed by atoms with Crippen molar-refractivity contribution in [1.82, 2.24) is 0 Å². The highest BCUT2D eigenvalue weighted by Gasteiger charge is 2.17. The van der Waals surface area contributed by atoms with Crippen molar-refractivity contribution in [2.75, 3.05) is 19.8 Å². The standard InChI is InChI=1S/C55H88O5/c1-4-7-10-13-16-19-22-25-27-29-32-35-38-41-44-47-50-58-51-53(60-55(57)49-46-43-40-37-34-30-24-21-18-15-12-9-6-3)52-59-54(56)48-45-42-39-36-33-31-28-26-23-20-17-14-11-8-5-2/h8-9,11-12,16-21,25-28,30,33-34,36,40,43,53H,4-7,10,13-15,22-24,29,31-32,35,37-39,41-42,44-52H2,1-3H3/b11-8-,12-9-,19-16-,20-17-,21-18-,27-25-,28-26-,34-30-,36-33-,43-40-. The summed E-state index contributed by atoms with van der Waals surface area (Å²) in [5, 5.41) is 0. The number of hydrogen-bond donors (Lipinski definition) is 0. The summed E-state index contributed by atoms with van der Waals surface area (Å²) < 4.78 is 17.2. The zero-order valence-electron chi connectivity index (χ0n) is 38.7. The number of ether oxygens (including phenoxy) is 3. The molecule has 0 radical (unpaired) electrons. The van der Waals surface area contributed by atoms with E-state index in [-0.39, 0.29) is 31.6 Å². The van der Waals surface area contributed by atoms with Crippen LogP contribution in [0.25, 0.3) is 0 Å². The van der Waals surface area contributed by atoms with Crippen LogP contribution in [0.5, 0.6) is 0 Å². The van der Waals surface area contributed by atoms with Gasteiger partial charge in [-0.2, -0.15) is 0 Å². The third-order valence-corrected chi connectivity index (χ3v) is 9.48. The third-order valence-electron chi connectivity index (χ3n) is 9.48. The van der Waals surface area contributed by atoms with Gasteiger partial charge in [0.2, 0.25) is 0 Å². The first kappa shape index (κ1) is 56.3. The molecule has 0 saturated heterocycles. The van der Waals surface area contributed by atoms with Gasteiger partial charge in [-0.3, -0.25) is 9.59 Å².